The number of aliphatic hydroxyl groups excluding tert-OH is 1. The van der Waals surface area contributed by atoms with Gasteiger partial charge in [0.2, 0.25) is 5.12 Å². The minimum absolute atomic E-state index is 0.0142. The van der Waals surface area contributed by atoms with Gasteiger partial charge in [-0.1, -0.05) is 12.1 Å². The Morgan fingerprint density at radius 1 is 1.36 bits per heavy atom. The number of thioether (sulfide) groups is 1. The van der Waals surface area contributed by atoms with Crippen LogP contribution in [0.5, 0.6) is 0 Å². The van der Waals surface area contributed by atoms with E-state index in [-0.39, 0.29) is 21.8 Å². The van der Waals surface area contributed by atoms with Crippen LogP contribution in [0.25, 0.3) is 10.2 Å². The summed E-state index contributed by atoms with van der Waals surface area (Å²) in [6.45, 7) is -0.527. The fourth-order valence-electron chi connectivity index (χ4n) is 1.65. The summed E-state index contributed by atoms with van der Waals surface area (Å²) in [5.41, 5.74) is 6.33. The SMILES string of the molecule is Nc1nc(/C(=N\CO)C(=O)Sc2nc3ccccc3s2)ns1. The van der Waals surface area contributed by atoms with Crippen molar-refractivity contribution in [1.82, 2.24) is 14.3 Å². The molecule has 0 aliphatic carbocycles. The number of fused-ring (bicyclic) bond motifs is 1. The van der Waals surface area contributed by atoms with Crippen molar-refractivity contribution < 1.29 is 9.90 Å². The Labute approximate surface area is 137 Å². The fraction of sp³-hybridized carbons (Fsp3) is 0.0833. The monoisotopic (exact) mass is 351 g/mol. The van der Waals surface area contributed by atoms with Crippen LogP contribution in [0.1, 0.15) is 5.82 Å². The molecule has 0 radical (unpaired) electrons. The molecule has 3 aromatic rings. The number of benzene rings is 1. The number of hydrogen-bond acceptors (Lipinski definition) is 10. The van der Waals surface area contributed by atoms with Gasteiger partial charge in [0.1, 0.15) is 6.73 Å². The summed E-state index contributed by atoms with van der Waals surface area (Å²) < 4.78 is 5.54. The summed E-state index contributed by atoms with van der Waals surface area (Å²) in [4.78, 5) is 24.4. The highest BCUT2D eigenvalue weighted by atomic mass is 32.2. The van der Waals surface area contributed by atoms with Crippen molar-refractivity contribution in [3.8, 4) is 0 Å². The summed E-state index contributed by atoms with van der Waals surface area (Å²) in [7, 11) is 0. The molecule has 0 atom stereocenters. The largest absolute Gasteiger partial charge is 0.375 e. The molecule has 0 saturated heterocycles. The predicted molar refractivity (Wildman–Crippen MR) is 88.4 cm³/mol. The van der Waals surface area contributed by atoms with Crippen molar-refractivity contribution in [2.24, 2.45) is 4.99 Å². The van der Waals surface area contributed by atoms with Gasteiger partial charge in [0.05, 0.1) is 10.2 Å². The van der Waals surface area contributed by atoms with Crippen LogP contribution in [0, 0.1) is 0 Å². The molecule has 0 amide bonds. The highest BCUT2D eigenvalue weighted by Crippen LogP contribution is 2.30. The number of nitrogen functional groups attached to an aromatic ring is 1. The third-order valence-corrected chi connectivity index (χ3v) is 5.05. The van der Waals surface area contributed by atoms with Crippen LogP contribution in [-0.2, 0) is 4.79 Å². The summed E-state index contributed by atoms with van der Waals surface area (Å²) in [5.74, 6) is 0.121. The minimum atomic E-state index is -0.527. The van der Waals surface area contributed by atoms with E-state index in [1.807, 2.05) is 24.3 Å². The predicted octanol–water partition coefficient (Wildman–Crippen LogP) is 1.79. The molecule has 0 aliphatic heterocycles. The Morgan fingerprint density at radius 2 is 2.18 bits per heavy atom. The molecular formula is C12H9N5O2S3. The van der Waals surface area contributed by atoms with Crippen molar-refractivity contribution in [3.63, 3.8) is 0 Å². The topological polar surface area (TPSA) is 114 Å². The number of hydrogen-bond donors (Lipinski definition) is 2. The van der Waals surface area contributed by atoms with Crippen LogP contribution in [0.4, 0.5) is 5.13 Å². The van der Waals surface area contributed by atoms with E-state index in [2.05, 4.69) is 19.3 Å². The second-order valence-corrected chi connectivity index (χ2v) is 6.98. The number of carbonyl (C=O) groups excluding carboxylic acids is 1. The number of para-hydroxylation sites is 1. The number of carbonyl (C=O) groups is 1. The number of nitrogens with two attached hydrogens (primary N) is 1. The Balaban J connectivity index is 1.86. The van der Waals surface area contributed by atoms with Gasteiger partial charge in [-0.15, -0.1) is 11.3 Å². The van der Waals surface area contributed by atoms with Gasteiger partial charge in [-0.25, -0.2) is 9.98 Å². The van der Waals surface area contributed by atoms with E-state index < -0.39 is 6.73 Å². The van der Waals surface area contributed by atoms with E-state index in [0.29, 0.717) is 4.34 Å². The first kappa shape index (κ1) is 15.0. The minimum Gasteiger partial charge on any atom is -0.375 e. The molecule has 0 aliphatic rings. The van der Waals surface area contributed by atoms with Crippen LogP contribution >= 0.6 is 34.6 Å². The van der Waals surface area contributed by atoms with Gasteiger partial charge < -0.3 is 10.8 Å². The number of rotatable bonds is 4. The van der Waals surface area contributed by atoms with Gasteiger partial charge in [-0.3, -0.25) is 4.79 Å². The second-order valence-electron chi connectivity index (χ2n) is 3.94. The third kappa shape index (κ3) is 3.14. The van der Waals surface area contributed by atoms with Gasteiger partial charge in [-0.2, -0.15) is 9.36 Å². The van der Waals surface area contributed by atoms with E-state index >= 15 is 0 Å². The number of thiazole rings is 1. The first-order valence-corrected chi connectivity index (χ1v) is 8.40. The number of anilines is 1. The zero-order valence-corrected chi connectivity index (χ0v) is 13.4. The molecule has 0 unspecified atom stereocenters. The Morgan fingerprint density at radius 3 is 2.86 bits per heavy atom. The van der Waals surface area contributed by atoms with Gasteiger partial charge in [0.15, 0.2) is 21.0 Å². The van der Waals surface area contributed by atoms with Crippen LogP contribution in [0.15, 0.2) is 33.6 Å². The lowest BCUT2D eigenvalue weighted by atomic mass is 10.3. The van der Waals surface area contributed by atoms with Crippen LogP contribution in [0.2, 0.25) is 0 Å². The second kappa shape index (κ2) is 6.48. The van der Waals surface area contributed by atoms with Crippen LogP contribution < -0.4 is 5.73 Å². The quantitative estimate of drug-likeness (QED) is 0.544. The first-order valence-electron chi connectivity index (χ1n) is 6.00. The number of aromatic nitrogens is 3. The summed E-state index contributed by atoms with van der Waals surface area (Å²) >= 11 is 3.31. The highest BCUT2D eigenvalue weighted by molar-refractivity contribution is 8.16. The lowest BCUT2D eigenvalue weighted by molar-refractivity contribution is -0.105. The maximum Gasteiger partial charge on any atom is 0.248 e. The Hall–Kier alpha value is -1.88. The molecule has 112 valence electrons. The van der Waals surface area contributed by atoms with Gasteiger partial charge in [-0.05, 0) is 23.9 Å². The molecule has 3 rings (SSSR count). The first-order chi connectivity index (χ1) is 10.7. The molecule has 10 heteroatoms. The smallest absolute Gasteiger partial charge is 0.248 e. The molecular weight excluding hydrogens is 342 g/mol. The molecule has 3 N–H and O–H groups in total. The van der Waals surface area contributed by atoms with Gasteiger partial charge in [0.25, 0.3) is 0 Å². The molecule has 22 heavy (non-hydrogen) atoms. The average Bonchev–Trinajstić information content (AvgIpc) is 3.10. The molecule has 0 spiro atoms. The maximum absolute atomic E-state index is 12.4. The lowest BCUT2D eigenvalue weighted by Crippen LogP contribution is -2.14. The zero-order valence-electron chi connectivity index (χ0n) is 11.0. The standard InChI is InChI=1S/C12H9N5O2S3/c13-11-16-9(17-22-11)8(14-5-18)10(19)21-12-15-6-3-1-2-4-7(6)20-12/h1-4,18H,5H2,(H2,13,16,17)/b14-8+. The normalized spacial score (nSPS) is 12.0. The molecule has 7 nitrogen and oxygen atoms in total. The highest BCUT2D eigenvalue weighted by Gasteiger charge is 2.21. The van der Waals surface area contributed by atoms with Gasteiger partial charge >= 0.3 is 0 Å². The maximum atomic E-state index is 12.4. The van der Waals surface area contributed by atoms with Crippen molar-refractivity contribution in [1.29, 1.82) is 0 Å². The summed E-state index contributed by atoms with van der Waals surface area (Å²) in [6, 6.07) is 7.62. The van der Waals surface area contributed by atoms with Crippen molar-refractivity contribution in [2.75, 3.05) is 12.5 Å². The van der Waals surface area contributed by atoms with E-state index in [9.17, 15) is 4.79 Å². The Bertz CT molecular complexity index is 824. The molecule has 2 heterocycles. The molecule has 0 saturated carbocycles. The molecule has 1 aromatic carbocycles. The number of nitrogens with zero attached hydrogens (tertiary/aromatic N) is 4. The van der Waals surface area contributed by atoms with E-state index in [1.165, 1.54) is 11.3 Å². The third-order valence-electron chi connectivity index (χ3n) is 2.53. The van der Waals surface area contributed by atoms with E-state index in [0.717, 1.165) is 33.5 Å². The van der Waals surface area contributed by atoms with Gasteiger partial charge in [0, 0.05) is 11.5 Å². The molecule has 2 aromatic heterocycles. The van der Waals surface area contributed by atoms with Crippen molar-refractivity contribution in [3.05, 3.63) is 30.1 Å². The van der Waals surface area contributed by atoms with Crippen molar-refractivity contribution >= 4 is 60.8 Å². The zero-order chi connectivity index (χ0) is 15.5. The van der Waals surface area contributed by atoms with E-state index in [4.69, 9.17) is 10.8 Å². The lowest BCUT2D eigenvalue weighted by Gasteiger charge is -1.98. The molecule has 0 bridgehead atoms. The fourth-order valence-corrected chi connectivity index (χ4v) is 4.00. The van der Waals surface area contributed by atoms with E-state index in [1.54, 1.807) is 0 Å². The Kier molecular flexibility index (Phi) is 4.43. The number of aliphatic imine (C=N–C) groups is 1. The van der Waals surface area contributed by atoms with Crippen LogP contribution in [0.3, 0.4) is 0 Å². The summed E-state index contributed by atoms with van der Waals surface area (Å²) in [6.07, 6.45) is 0. The summed E-state index contributed by atoms with van der Waals surface area (Å²) in [5, 5.41) is 8.84. The average molecular weight is 351 g/mol. The number of aliphatic hydroxyl groups is 1. The van der Waals surface area contributed by atoms with Crippen LogP contribution in [-0.4, -0.2) is 37.0 Å². The van der Waals surface area contributed by atoms with Crippen molar-refractivity contribution in [2.45, 2.75) is 4.34 Å². The molecule has 0 fully saturated rings.